The van der Waals surface area contributed by atoms with Crippen molar-refractivity contribution in [3.8, 4) is 11.1 Å². The molecule has 31 heavy (non-hydrogen) atoms. The van der Waals surface area contributed by atoms with Crippen LogP contribution in [-0.2, 0) is 0 Å². The van der Waals surface area contributed by atoms with Gasteiger partial charge in [0.25, 0.3) is 0 Å². The molecular formula is C15H5Br2F7N2O4S. The Labute approximate surface area is 188 Å². The SMILES string of the molecule is O=[N+]([O-])c1ccc(-c2c(Br)cc(Br)cc2SC(F)(F)C(F)(F)C(F)(F)F)cc1[N+](=O)[O-]. The third-order valence-electron chi connectivity index (χ3n) is 3.64. The molecule has 0 aliphatic carbocycles. The van der Waals surface area contributed by atoms with E-state index in [4.69, 9.17) is 0 Å². The van der Waals surface area contributed by atoms with E-state index in [1.807, 2.05) is 0 Å². The Balaban J connectivity index is 2.72. The van der Waals surface area contributed by atoms with Crippen molar-refractivity contribution >= 4 is 55.0 Å². The third-order valence-corrected chi connectivity index (χ3v) is 5.77. The Morgan fingerprint density at radius 3 is 1.87 bits per heavy atom. The number of alkyl halides is 7. The highest BCUT2D eigenvalue weighted by molar-refractivity contribution is 9.11. The van der Waals surface area contributed by atoms with Crippen LogP contribution in [-0.4, -0.2) is 27.2 Å². The van der Waals surface area contributed by atoms with Crippen LogP contribution in [0, 0.1) is 20.2 Å². The summed E-state index contributed by atoms with van der Waals surface area (Å²) < 4.78 is 92.0. The lowest BCUT2D eigenvalue weighted by molar-refractivity contribution is -0.422. The van der Waals surface area contributed by atoms with Gasteiger partial charge in [-0.15, -0.1) is 0 Å². The summed E-state index contributed by atoms with van der Waals surface area (Å²) >= 11 is 4.72. The van der Waals surface area contributed by atoms with E-state index in [1.54, 1.807) is 0 Å². The van der Waals surface area contributed by atoms with E-state index in [9.17, 15) is 51.0 Å². The first-order chi connectivity index (χ1) is 14.0. The van der Waals surface area contributed by atoms with Gasteiger partial charge in [-0.25, -0.2) is 0 Å². The Bertz CT molecular complexity index is 1070. The van der Waals surface area contributed by atoms with Crippen LogP contribution < -0.4 is 0 Å². The van der Waals surface area contributed by atoms with Crippen molar-refractivity contribution in [1.29, 1.82) is 0 Å². The topological polar surface area (TPSA) is 86.3 Å². The first kappa shape index (κ1) is 25.3. The molecule has 2 rings (SSSR count). The molecule has 0 aliphatic rings. The molecule has 6 nitrogen and oxygen atoms in total. The molecule has 2 aromatic carbocycles. The molecule has 0 amide bonds. The van der Waals surface area contributed by atoms with Crippen LogP contribution >= 0.6 is 43.6 Å². The fourth-order valence-corrected chi connectivity index (χ4v) is 5.03. The van der Waals surface area contributed by atoms with Crippen LogP contribution in [0.15, 0.2) is 44.2 Å². The molecule has 0 aliphatic heterocycles. The zero-order valence-corrected chi connectivity index (χ0v) is 18.2. The summed E-state index contributed by atoms with van der Waals surface area (Å²) in [5.41, 5.74) is -2.71. The average Bonchev–Trinajstić information content (AvgIpc) is 2.59. The van der Waals surface area contributed by atoms with Gasteiger partial charge >= 0.3 is 28.7 Å². The van der Waals surface area contributed by atoms with Crippen molar-refractivity contribution in [2.75, 3.05) is 0 Å². The van der Waals surface area contributed by atoms with Crippen molar-refractivity contribution in [2.24, 2.45) is 0 Å². The highest BCUT2D eigenvalue weighted by atomic mass is 79.9. The molecule has 168 valence electrons. The lowest BCUT2D eigenvalue weighted by atomic mass is 10.0. The second kappa shape index (κ2) is 8.54. The number of nitro benzene ring substituents is 2. The average molecular weight is 602 g/mol. The van der Waals surface area contributed by atoms with Crippen LogP contribution in [0.3, 0.4) is 0 Å². The molecule has 0 radical (unpaired) electrons. The molecule has 0 atom stereocenters. The summed E-state index contributed by atoms with van der Waals surface area (Å²) in [5.74, 6) is -6.40. The molecule has 16 heteroatoms. The zero-order valence-electron chi connectivity index (χ0n) is 14.2. The second-order valence-corrected chi connectivity index (χ2v) is 8.60. The highest BCUT2D eigenvalue weighted by Gasteiger charge is 2.73. The third kappa shape index (κ3) is 4.95. The standard InChI is InChI=1S/C15H5Br2F7N2O4S/c16-7-4-8(17)12(6-1-2-9(25(27)28)10(3-6)26(29)30)11(5-7)31-15(23,24)13(18,19)14(20,21)22/h1-5H. The van der Waals surface area contributed by atoms with Gasteiger partial charge < -0.3 is 0 Å². The van der Waals surface area contributed by atoms with Crippen LogP contribution in [0.5, 0.6) is 0 Å². The van der Waals surface area contributed by atoms with Gasteiger partial charge in [-0.3, -0.25) is 20.2 Å². The summed E-state index contributed by atoms with van der Waals surface area (Å²) in [6, 6.07) is 4.23. The number of hydrogen-bond donors (Lipinski definition) is 0. The van der Waals surface area contributed by atoms with Crippen LogP contribution in [0.4, 0.5) is 42.1 Å². The van der Waals surface area contributed by atoms with Gasteiger partial charge in [0.1, 0.15) is 0 Å². The normalized spacial score (nSPS) is 12.7. The van der Waals surface area contributed by atoms with Gasteiger partial charge in [0, 0.05) is 31.5 Å². The van der Waals surface area contributed by atoms with Gasteiger partial charge in [0.05, 0.1) is 9.85 Å². The molecule has 0 unspecified atom stereocenters. The molecular weight excluding hydrogens is 597 g/mol. The van der Waals surface area contributed by atoms with Crippen LogP contribution in [0.2, 0.25) is 0 Å². The minimum Gasteiger partial charge on any atom is -0.258 e. The van der Waals surface area contributed by atoms with Gasteiger partial charge in [-0.1, -0.05) is 31.9 Å². The van der Waals surface area contributed by atoms with E-state index in [0.717, 1.165) is 12.1 Å². The van der Waals surface area contributed by atoms with E-state index in [2.05, 4.69) is 31.9 Å². The summed E-state index contributed by atoms with van der Waals surface area (Å²) in [6.07, 6.45) is -6.56. The minimum absolute atomic E-state index is 0.00756. The largest absolute Gasteiger partial charge is 0.460 e. The fourth-order valence-electron chi connectivity index (χ4n) is 2.26. The number of rotatable bonds is 6. The van der Waals surface area contributed by atoms with E-state index in [0.29, 0.717) is 12.1 Å². The minimum atomic E-state index is -6.56. The number of thioether (sulfide) groups is 1. The van der Waals surface area contributed by atoms with E-state index in [1.165, 1.54) is 6.07 Å². The number of benzene rings is 2. The molecule has 0 fully saturated rings. The maximum absolute atomic E-state index is 14.0. The maximum atomic E-state index is 14.0. The lowest BCUT2D eigenvalue weighted by Crippen LogP contribution is -2.49. The maximum Gasteiger partial charge on any atom is 0.460 e. The molecule has 0 saturated carbocycles. The molecule has 0 bridgehead atoms. The summed E-state index contributed by atoms with van der Waals surface area (Å²) in [5, 5.41) is 16.4. The molecule has 0 spiro atoms. The first-order valence-electron chi connectivity index (χ1n) is 7.43. The van der Waals surface area contributed by atoms with Gasteiger partial charge in [-0.2, -0.15) is 30.7 Å². The summed E-state index contributed by atoms with van der Waals surface area (Å²) in [7, 11) is 0. The van der Waals surface area contributed by atoms with Gasteiger partial charge in [-0.05, 0) is 35.5 Å². The monoisotopic (exact) mass is 600 g/mol. The van der Waals surface area contributed by atoms with Gasteiger partial charge in [0.15, 0.2) is 0 Å². The quantitative estimate of drug-likeness (QED) is 0.147. The van der Waals surface area contributed by atoms with Crippen LogP contribution in [0.25, 0.3) is 11.1 Å². The molecule has 2 aromatic rings. The second-order valence-electron chi connectivity index (χ2n) is 5.67. The number of hydrogen-bond acceptors (Lipinski definition) is 5. The molecule has 0 N–H and O–H groups in total. The Kier molecular flexibility index (Phi) is 6.97. The molecule has 0 heterocycles. The highest BCUT2D eigenvalue weighted by Crippen LogP contribution is 2.56. The number of nitro groups is 2. The Hall–Kier alpha value is -1.94. The van der Waals surface area contributed by atoms with Crippen molar-refractivity contribution < 1.29 is 40.6 Å². The van der Waals surface area contributed by atoms with E-state index >= 15 is 0 Å². The summed E-state index contributed by atoms with van der Waals surface area (Å²) in [6.45, 7) is 0. The Morgan fingerprint density at radius 1 is 0.839 bits per heavy atom. The smallest absolute Gasteiger partial charge is 0.258 e. The number of halogens is 9. The van der Waals surface area contributed by atoms with Crippen molar-refractivity contribution in [1.82, 2.24) is 0 Å². The predicted octanol–water partition coefficient (Wildman–Crippen LogP) is 7.58. The van der Waals surface area contributed by atoms with E-state index in [-0.39, 0.29) is 14.5 Å². The first-order valence-corrected chi connectivity index (χ1v) is 9.83. The van der Waals surface area contributed by atoms with E-state index < -0.39 is 60.8 Å². The number of nitrogens with zero attached hydrogens (tertiary/aromatic N) is 2. The lowest BCUT2D eigenvalue weighted by Gasteiger charge is -2.28. The molecule has 0 aromatic heterocycles. The zero-order chi connectivity index (χ0) is 23.9. The predicted molar refractivity (Wildman–Crippen MR) is 102 cm³/mol. The Morgan fingerprint density at radius 2 is 1.39 bits per heavy atom. The van der Waals surface area contributed by atoms with Crippen molar-refractivity contribution in [2.45, 2.75) is 22.2 Å². The van der Waals surface area contributed by atoms with Crippen LogP contribution in [0.1, 0.15) is 0 Å². The molecule has 0 saturated heterocycles. The summed E-state index contributed by atoms with van der Waals surface area (Å²) in [4.78, 5) is 19.1. The fraction of sp³-hybridized carbons (Fsp3) is 0.200. The van der Waals surface area contributed by atoms with Gasteiger partial charge in [0.2, 0.25) is 0 Å². The van der Waals surface area contributed by atoms with Crippen molar-refractivity contribution in [3.05, 3.63) is 59.5 Å². The van der Waals surface area contributed by atoms with Crippen molar-refractivity contribution in [3.63, 3.8) is 0 Å².